The van der Waals surface area contributed by atoms with Gasteiger partial charge < -0.3 is 10.4 Å². The van der Waals surface area contributed by atoms with Crippen LogP contribution < -0.4 is 5.32 Å². The highest BCUT2D eigenvalue weighted by Crippen LogP contribution is 2.42. The third kappa shape index (κ3) is 3.55. The average Bonchev–Trinajstić information content (AvgIpc) is 3.27. The first kappa shape index (κ1) is 14.4. The molecule has 2 aliphatic rings. The largest absolute Gasteiger partial charge is 0.392 e. The molecule has 3 rings (SSSR count). The van der Waals surface area contributed by atoms with E-state index in [4.69, 9.17) is 11.6 Å². The third-order valence-electron chi connectivity index (χ3n) is 4.70. The predicted molar refractivity (Wildman–Crippen MR) is 82.9 cm³/mol. The second kappa shape index (κ2) is 6.46. The Balaban J connectivity index is 1.72. The smallest absolute Gasteiger partial charge is 0.0693 e. The molecule has 0 aliphatic heterocycles. The van der Waals surface area contributed by atoms with Gasteiger partial charge in [0.25, 0.3) is 0 Å². The molecule has 0 aromatic heterocycles. The summed E-state index contributed by atoms with van der Waals surface area (Å²) in [6.45, 7) is 0. The summed E-state index contributed by atoms with van der Waals surface area (Å²) in [4.78, 5) is 0. The molecule has 1 aromatic rings. The Labute approximate surface area is 126 Å². The third-order valence-corrected chi connectivity index (χ3v) is 4.95. The lowest BCUT2D eigenvalue weighted by Gasteiger charge is -2.28. The highest BCUT2D eigenvalue weighted by Gasteiger charge is 2.35. The van der Waals surface area contributed by atoms with Gasteiger partial charge in [-0.25, -0.2) is 0 Å². The zero-order valence-electron chi connectivity index (χ0n) is 11.9. The minimum absolute atomic E-state index is 0.189. The first-order valence-corrected chi connectivity index (χ1v) is 8.31. The van der Waals surface area contributed by atoms with Crippen molar-refractivity contribution in [3.8, 4) is 0 Å². The highest BCUT2D eigenvalue weighted by molar-refractivity contribution is 6.30. The lowest BCUT2D eigenvalue weighted by atomic mass is 9.98. The topological polar surface area (TPSA) is 32.3 Å². The number of hydrogen-bond acceptors (Lipinski definition) is 2. The Hall–Kier alpha value is -0.570. The molecule has 2 nitrogen and oxygen atoms in total. The van der Waals surface area contributed by atoms with Gasteiger partial charge in [0.2, 0.25) is 0 Å². The average molecular weight is 294 g/mol. The van der Waals surface area contributed by atoms with Crippen LogP contribution in [0, 0.1) is 5.92 Å². The van der Waals surface area contributed by atoms with Gasteiger partial charge in [-0.05, 0) is 49.3 Å². The van der Waals surface area contributed by atoms with Gasteiger partial charge in [-0.3, -0.25) is 0 Å². The molecule has 0 bridgehead atoms. The van der Waals surface area contributed by atoms with E-state index < -0.39 is 0 Å². The molecule has 0 amide bonds. The molecule has 2 aliphatic carbocycles. The Bertz CT molecular complexity index is 429. The van der Waals surface area contributed by atoms with Crippen LogP contribution in [0.2, 0.25) is 5.02 Å². The van der Waals surface area contributed by atoms with Crippen LogP contribution in [0.25, 0.3) is 0 Å². The van der Waals surface area contributed by atoms with E-state index in [0.717, 1.165) is 30.2 Å². The molecule has 0 radical (unpaired) electrons. The fourth-order valence-electron chi connectivity index (χ4n) is 3.32. The van der Waals surface area contributed by atoms with E-state index >= 15 is 0 Å². The van der Waals surface area contributed by atoms with Crippen LogP contribution in [0.1, 0.15) is 56.6 Å². The molecule has 0 saturated heterocycles. The molecule has 0 heterocycles. The molecule has 20 heavy (non-hydrogen) atoms. The SMILES string of the molecule is OC1CCCCCC1NC(c1ccc(Cl)cc1)C1CC1. The van der Waals surface area contributed by atoms with Gasteiger partial charge in [-0.2, -0.15) is 0 Å². The van der Waals surface area contributed by atoms with E-state index in [0.29, 0.717) is 6.04 Å². The normalized spacial score (nSPS) is 28.9. The summed E-state index contributed by atoms with van der Waals surface area (Å²) in [6.07, 6.45) is 8.08. The number of aliphatic hydroxyl groups excluding tert-OH is 1. The van der Waals surface area contributed by atoms with Gasteiger partial charge in [0.15, 0.2) is 0 Å². The van der Waals surface area contributed by atoms with E-state index in [-0.39, 0.29) is 12.1 Å². The zero-order chi connectivity index (χ0) is 13.9. The Morgan fingerprint density at radius 1 is 1.00 bits per heavy atom. The number of aliphatic hydroxyl groups is 1. The molecular formula is C17H24ClNO. The van der Waals surface area contributed by atoms with Crippen LogP contribution in [-0.2, 0) is 0 Å². The van der Waals surface area contributed by atoms with Crippen LogP contribution in [0.4, 0.5) is 0 Å². The lowest BCUT2D eigenvalue weighted by Crippen LogP contribution is -2.41. The first-order chi connectivity index (χ1) is 9.74. The van der Waals surface area contributed by atoms with E-state index in [1.807, 2.05) is 12.1 Å². The van der Waals surface area contributed by atoms with Crippen molar-refractivity contribution in [1.29, 1.82) is 0 Å². The summed E-state index contributed by atoms with van der Waals surface area (Å²) in [6, 6.07) is 8.82. The minimum atomic E-state index is -0.189. The van der Waals surface area contributed by atoms with Crippen molar-refractivity contribution >= 4 is 11.6 Å². The van der Waals surface area contributed by atoms with Gasteiger partial charge in [-0.1, -0.05) is 43.0 Å². The lowest BCUT2D eigenvalue weighted by molar-refractivity contribution is 0.111. The van der Waals surface area contributed by atoms with Crippen molar-refractivity contribution in [3.63, 3.8) is 0 Å². The van der Waals surface area contributed by atoms with Crippen LogP contribution >= 0.6 is 11.6 Å². The summed E-state index contributed by atoms with van der Waals surface area (Å²) in [5.74, 6) is 0.728. The predicted octanol–water partition coefficient (Wildman–Crippen LogP) is 4.07. The fraction of sp³-hybridized carbons (Fsp3) is 0.647. The molecule has 1 aromatic carbocycles. The summed E-state index contributed by atoms with van der Waals surface area (Å²) in [7, 11) is 0. The van der Waals surface area contributed by atoms with Crippen molar-refractivity contribution in [3.05, 3.63) is 34.9 Å². The molecule has 2 saturated carbocycles. The summed E-state index contributed by atoms with van der Waals surface area (Å²) < 4.78 is 0. The maximum Gasteiger partial charge on any atom is 0.0693 e. The number of hydrogen-bond donors (Lipinski definition) is 2. The van der Waals surface area contributed by atoms with Crippen molar-refractivity contribution in [2.24, 2.45) is 5.92 Å². The minimum Gasteiger partial charge on any atom is -0.392 e. The quantitative estimate of drug-likeness (QED) is 0.820. The Kier molecular flexibility index (Phi) is 4.65. The molecule has 110 valence electrons. The second-order valence-corrected chi connectivity index (χ2v) is 6.78. The molecule has 0 spiro atoms. The van der Waals surface area contributed by atoms with Gasteiger partial charge in [0, 0.05) is 17.1 Å². The number of nitrogens with one attached hydrogen (secondary N) is 1. The van der Waals surface area contributed by atoms with Crippen LogP contribution in [-0.4, -0.2) is 17.3 Å². The van der Waals surface area contributed by atoms with Gasteiger partial charge in [0.1, 0.15) is 0 Å². The van der Waals surface area contributed by atoms with Crippen molar-refractivity contribution < 1.29 is 5.11 Å². The summed E-state index contributed by atoms with van der Waals surface area (Å²) in [5, 5.41) is 14.8. The number of halogens is 1. The molecule has 3 heteroatoms. The van der Waals surface area contributed by atoms with Gasteiger partial charge in [-0.15, -0.1) is 0 Å². The van der Waals surface area contributed by atoms with E-state index in [2.05, 4.69) is 17.4 Å². The number of benzene rings is 1. The fourth-order valence-corrected chi connectivity index (χ4v) is 3.44. The standard InChI is InChI=1S/C17H24ClNO/c18-14-10-8-13(9-11-14)17(12-6-7-12)19-15-4-2-1-3-5-16(15)20/h8-12,15-17,19-20H,1-7H2. The summed E-state index contributed by atoms with van der Waals surface area (Å²) in [5.41, 5.74) is 1.31. The zero-order valence-corrected chi connectivity index (χ0v) is 12.6. The van der Waals surface area contributed by atoms with Crippen LogP contribution in [0.5, 0.6) is 0 Å². The van der Waals surface area contributed by atoms with Crippen molar-refractivity contribution in [1.82, 2.24) is 5.32 Å². The van der Waals surface area contributed by atoms with E-state index in [9.17, 15) is 5.11 Å². The van der Waals surface area contributed by atoms with E-state index in [1.165, 1.54) is 31.2 Å². The van der Waals surface area contributed by atoms with Crippen LogP contribution in [0.3, 0.4) is 0 Å². The Morgan fingerprint density at radius 2 is 1.70 bits per heavy atom. The molecule has 2 N–H and O–H groups in total. The van der Waals surface area contributed by atoms with E-state index in [1.54, 1.807) is 0 Å². The van der Waals surface area contributed by atoms with Crippen LogP contribution in [0.15, 0.2) is 24.3 Å². The van der Waals surface area contributed by atoms with Crippen molar-refractivity contribution in [2.75, 3.05) is 0 Å². The van der Waals surface area contributed by atoms with Gasteiger partial charge in [0.05, 0.1) is 6.10 Å². The number of rotatable bonds is 4. The highest BCUT2D eigenvalue weighted by atomic mass is 35.5. The maximum absolute atomic E-state index is 10.3. The first-order valence-electron chi connectivity index (χ1n) is 7.93. The molecule has 2 fully saturated rings. The Morgan fingerprint density at radius 3 is 2.40 bits per heavy atom. The maximum atomic E-state index is 10.3. The second-order valence-electron chi connectivity index (χ2n) is 6.35. The monoisotopic (exact) mass is 293 g/mol. The van der Waals surface area contributed by atoms with Crippen molar-refractivity contribution in [2.45, 2.75) is 63.1 Å². The molecule has 3 atom stereocenters. The van der Waals surface area contributed by atoms with Gasteiger partial charge >= 0.3 is 0 Å². The molecule has 3 unspecified atom stereocenters. The summed E-state index contributed by atoms with van der Waals surface area (Å²) >= 11 is 5.99. The molecular weight excluding hydrogens is 270 g/mol.